The number of hydrogen-bond acceptors (Lipinski definition) is 4. The molecule has 0 aliphatic rings. The van der Waals surface area contributed by atoms with E-state index >= 15 is 0 Å². The standard InChI is InChI=1S/C22H20F3N3O4.CH4/c1-12(20(26)30)28-10-9-15-16(21(28)31)7-8-17(32-2)19(15)27-18(29)11-13-3-5-14(6-4-13)22(23,24)25;/h3-10,12H,11H2,1-2H3,(H2,26,30)(H,27,29);1H4/t12-;/m1./s1. The Kier molecular flexibility index (Phi) is 7.53. The Bertz CT molecular complexity index is 1230. The van der Waals surface area contributed by atoms with Crippen LogP contribution in [-0.2, 0) is 22.2 Å². The van der Waals surface area contributed by atoms with Gasteiger partial charge in [-0.1, -0.05) is 19.6 Å². The molecule has 0 bridgehead atoms. The van der Waals surface area contributed by atoms with Gasteiger partial charge in [0.2, 0.25) is 11.8 Å². The lowest BCUT2D eigenvalue weighted by Gasteiger charge is -2.16. The van der Waals surface area contributed by atoms with Crippen molar-refractivity contribution in [2.75, 3.05) is 12.4 Å². The van der Waals surface area contributed by atoms with Crippen LogP contribution in [0.1, 0.15) is 31.5 Å². The Morgan fingerprint density at radius 3 is 2.27 bits per heavy atom. The second-order valence-corrected chi connectivity index (χ2v) is 7.13. The number of fused-ring (bicyclic) bond motifs is 1. The Morgan fingerprint density at radius 2 is 1.73 bits per heavy atom. The van der Waals surface area contributed by atoms with Crippen molar-refractivity contribution in [2.24, 2.45) is 5.73 Å². The van der Waals surface area contributed by atoms with Crippen LogP contribution in [0.2, 0.25) is 0 Å². The van der Waals surface area contributed by atoms with Gasteiger partial charge >= 0.3 is 6.18 Å². The fourth-order valence-electron chi connectivity index (χ4n) is 3.24. The van der Waals surface area contributed by atoms with Crippen LogP contribution in [0, 0.1) is 0 Å². The third-order valence-electron chi connectivity index (χ3n) is 5.03. The first-order valence-electron chi connectivity index (χ1n) is 9.50. The van der Waals surface area contributed by atoms with Gasteiger partial charge in [0.25, 0.3) is 5.56 Å². The Labute approximate surface area is 188 Å². The molecular weight excluding hydrogens is 439 g/mol. The van der Waals surface area contributed by atoms with Gasteiger partial charge in [-0.05, 0) is 42.8 Å². The van der Waals surface area contributed by atoms with Gasteiger partial charge in [0.1, 0.15) is 11.8 Å². The van der Waals surface area contributed by atoms with Crippen molar-refractivity contribution < 1.29 is 27.5 Å². The third kappa shape index (κ3) is 5.33. The molecule has 0 radical (unpaired) electrons. The highest BCUT2D eigenvalue weighted by Crippen LogP contribution is 2.33. The first-order chi connectivity index (χ1) is 15.0. The Hall–Kier alpha value is -3.82. The molecule has 3 rings (SSSR count). The van der Waals surface area contributed by atoms with Gasteiger partial charge in [0.15, 0.2) is 0 Å². The van der Waals surface area contributed by atoms with Crippen molar-refractivity contribution >= 4 is 28.3 Å². The van der Waals surface area contributed by atoms with Gasteiger partial charge in [0, 0.05) is 17.0 Å². The highest BCUT2D eigenvalue weighted by Gasteiger charge is 2.30. The molecule has 10 heteroatoms. The first kappa shape index (κ1) is 25.4. The summed E-state index contributed by atoms with van der Waals surface area (Å²) >= 11 is 0. The molecule has 0 fully saturated rings. The number of anilines is 1. The lowest BCUT2D eigenvalue weighted by atomic mass is 10.1. The van der Waals surface area contributed by atoms with Gasteiger partial charge in [-0.3, -0.25) is 14.4 Å². The SMILES string of the molecule is C.COc1ccc2c(=O)n([C@H](C)C(N)=O)ccc2c1NC(=O)Cc1ccc(C(F)(F)F)cc1. The van der Waals surface area contributed by atoms with Crippen LogP contribution in [0.4, 0.5) is 18.9 Å². The van der Waals surface area contributed by atoms with Crippen molar-refractivity contribution in [2.45, 2.75) is 33.0 Å². The van der Waals surface area contributed by atoms with Gasteiger partial charge in [-0.15, -0.1) is 0 Å². The number of amides is 2. The van der Waals surface area contributed by atoms with Crippen molar-refractivity contribution in [3.63, 3.8) is 0 Å². The molecule has 0 spiro atoms. The van der Waals surface area contributed by atoms with Crippen molar-refractivity contribution in [3.05, 3.63) is 70.1 Å². The van der Waals surface area contributed by atoms with Crippen LogP contribution in [0.15, 0.2) is 53.5 Å². The van der Waals surface area contributed by atoms with Crippen LogP contribution in [0.25, 0.3) is 10.8 Å². The number of ether oxygens (including phenoxy) is 1. The Morgan fingerprint density at radius 1 is 1.09 bits per heavy atom. The minimum atomic E-state index is -4.46. The number of rotatable bonds is 6. The molecule has 1 heterocycles. The number of primary amides is 1. The molecule has 0 saturated heterocycles. The quantitative estimate of drug-likeness (QED) is 0.579. The van der Waals surface area contributed by atoms with E-state index < -0.39 is 35.2 Å². The fourth-order valence-corrected chi connectivity index (χ4v) is 3.24. The Balaban J connectivity index is 0.00000385. The number of nitrogens with one attached hydrogen (secondary N) is 1. The molecule has 7 nitrogen and oxygen atoms in total. The van der Waals surface area contributed by atoms with Crippen LogP contribution >= 0.6 is 0 Å². The lowest BCUT2D eigenvalue weighted by Crippen LogP contribution is -2.31. The van der Waals surface area contributed by atoms with Gasteiger partial charge in [-0.25, -0.2) is 0 Å². The largest absolute Gasteiger partial charge is 0.495 e. The number of halogens is 3. The third-order valence-corrected chi connectivity index (χ3v) is 5.03. The number of hydrogen-bond donors (Lipinski definition) is 2. The summed E-state index contributed by atoms with van der Waals surface area (Å²) < 4.78 is 44.6. The van der Waals surface area contributed by atoms with Crippen LogP contribution < -0.4 is 21.3 Å². The summed E-state index contributed by atoms with van der Waals surface area (Å²) in [7, 11) is 1.39. The highest BCUT2D eigenvalue weighted by atomic mass is 19.4. The molecule has 2 aromatic carbocycles. The number of benzene rings is 2. The lowest BCUT2D eigenvalue weighted by molar-refractivity contribution is -0.137. The molecule has 0 unspecified atom stereocenters. The van der Waals surface area contributed by atoms with Gasteiger partial charge in [0.05, 0.1) is 24.8 Å². The summed E-state index contributed by atoms with van der Waals surface area (Å²) in [5, 5.41) is 3.28. The van der Waals surface area contributed by atoms with Crippen LogP contribution in [0.3, 0.4) is 0 Å². The minimum absolute atomic E-state index is 0. The van der Waals surface area contributed by atoms with Crippen molar-refractivity contribution in [3.8, 4) is 5.75 Å². The van der Waals surface area contributed by atoms with E-state index in [2.05, 4.69) is 5.32 Å². The molecule has 3 N–H and O–H groups in total. The molecule has 1 aromatic heterocycles. The summed E-state index contributed by atoms with van der Waals surface area (Å²) in [5.74, 6) is -0.895. The predicted octanol–water partition coefficient (Wildman–Crippen LogP) is 3.89. The van der Waals surface area contributed by atoms with E-state index in [1.54, 1.807) is 6.07 Å². The van der Waals surface area contributed by atoms with E-state index in [-0.39, 0.29) is 24.9 Å². The average molecular weight is 463 g/mol. The second-order valence-electron chi connectivity index (χ2n) is 7.13. The predicted molar refractivity (Wildman–Crippen MR) is 119 cm³/mol. The second kappa shape index (κ2) is 9.76. The van der Waals surface area contributed by atoms with E-state index in [4.69, 9.17) is 10.5 Å². The topological polar surface area (TPSA) is 103 Å². The number of carbonyl (C=O) groups is 2. The van der Waals surface area contributed by atoms with E-state index in [1.807, 2.05) is 0 Å². The van der Waals surface area contributed by atoms with E-state index in [0.717, 1.165) is 12.1 Å². The van der Waals surface area contributed by atoms with Gasteiger partial charge in [-0.2, -0.15) is 13.2 Å². The first-order valence-corrected chi connectivity index (χ1v) is 9.50. The molecule has 3 aromatic rings. The number of nitrogens with two attached hydrogens (primary N) is 1. The van der Waals surface area contributed by atoms with Crippen molar-refractivity contribution in [1.82, 2.24) is 4.57 Å². The summed E-state index contributed by atoms with van der Waals surface area (Å²) in [6, 6.07) is 7.95. The number of aromatic nitrogens is 1. The highest BCUT2D eigenvalue weighted by molar-refractivity contribution is 6.05. The van der Waals surface area contributed by atoms with Crippen LogP contribution in [0.5, 0.6) is 5.75 Å². The van der Waals surface area contributed by atoms with E-state index in [0.29, 0.717) is 16.7 Å². The average Bonchev–Trinajstić information content (AvgIpc) is 2.73. The molecule has 0 aliphatic heterocycles. The number of pyridine rings is 1. The zero-order valence-electron chi connectivity index (χ0n) is 17.2. The van der Waals surface area contributed by atoms with E-state index in [9.17, 15) is 27.6 Å². The zero-order valence-corrected chi connectivity index (χ0v) is 17.2. The van der Waals surface area contributed by atoms with Crippen molar-refractivity contribution in [1.29, 1.82) is 0 Å². The molecule has 176 valence electrons. The normalized spacial score (nSPS) is 12.0. The maximum absolute atomic E-state index is 12.8. The summed E-state index contributed by atoms with van der Waals surface area (Å²) in [6.45, 7) is 1.49. The number of nitrogens with zero attached hydrogens (tertiary/aromatic N) is 1. The summed E-state index contributed by atoms with van der Waals surface area (Å²) in [5.41, 5.74) is 4.62. The summed E-state index contributed by atoms with van der Waals surface area (Å²) in [4.78, 5) is 36.9. The maximum atomic E-state index is 12.8. The number of methoxy groups -OCH3 is 1. The molecule has 2 amide bonds. The zero-order chi connectivity index (χ0) is 23.6. The number of carbonyl (C=O) groups excluding carboxylic acids is 2. The molecular formula is C23H24F3N3O4. The monoisotopic (exact) mass is 463 g/mol. The molecule has 33 heavy (non-hydrogen) atoms. The number of alkyl halides is 3. The molecule has 1 atom stereocenters. The summed E-state index contributed by atoms with van der Waals surface area (Å²) in [6.07, 6.45) is -3.26. The van der Waals surface area contributed by atoms with Gasteiger partial charge < -0.3 is 20.4 Å². The maximum Gasteiger partial charge on any atom is 0.416 e. The van der Waals surface area contributed by atoms with E-state index in [1.165, 1.54) is 49.1 Å². The molecule has 0 aliphatic carbocycles. The smallest absolute Gasteiger partial charge is 0.416 e. The molecule has 0 saturated carbocycles. The van der Waals surface area contributed by atoms with Crippen LogP contribution in [-0.4, -0.2) is 23.5 Å². The minimum Gasteiger partial charge on any atom is -0.495 e. The fraction of sp³-hybridized carbons (Fsp3) is 0.261.